The number of likely N-dealkylation sites (N-methyl/N-ethyl adjacent to an activating group) is 1. The summed E-state index contributed by atoms with van der Waals surface area (Å²) in [5.41, 5.74) is 2.44. The second kappa shape index (κ2) is 7.00. The summed E-state index contributed by atoms with van der Waals surface area (Å²) in [4.78, 5) is 2.43. The summed E-state index contributed by atoms with van der Waals surface area (Å²) in [6.45, 7) is 8.11. The predicted molar refractivity (Wildman–Crippen MR) is 83.5 cm³/mol. The van der Waals surface area contributed by atoms with Crippen LogP contribution in [0.15, 0.2) is 6.07 Å². The molecule has 1 atom stereocenters. The van der Waals surface area contributed by atoms with E-state index in [2.05, 4.69) is 30.1 Å². The molecule has 0 amide bonds. The molecule has 1 aromatic carbocycles. The number of nitrogens with one attached hydrogen (secondary N) is 1. The molecule has 0 saturated heterocycles. The largest absolute Gasteiger partial charge is 0.493 e. The first kappa shape index (κ1) is 15.9. The summed E-state index contributed by atoms with van der Waals surface area (Å²) >= 11 is 0. The third-order valence-electron chi connectivity index (χ3n) is 4.19. The molecule has 21 heavy (non-hydrogen) atoms. The van der Waals surface area contributed by atoms with Crippen LogP contribution in [0.4, 0.5) is 0 Å². The first-order chi connectivity index (χ1) is 10.2. The summed E-state index contributed by atoms with van der Waals surface area (Å²) in [7, 11) is 5.00. The standard InChI is InChI=1S/C16H26N2O3/c1-6-18(7-2)12-10-17-9-11-8-13(19-3)15(20-4)16(21-5)14(11)12/h8,12,17H,6-7,9-10H2,1-5H3/t12-/m0/s1. The lowest BCUT2D eigenvalue weighted by Crippen LogP contribution is -2.39. The fourth-order valence-electron chi connectivity index (χ4n) is 3.16. The molecule has 1 heterocycles. The maximum Gasteiger partial charge on any atom is 0.203 e. The van der Waals surface area contributed by atoms with Crippen molar-refractivity contribution < 1.29 is 14.2 Å². The van der Waals surface area contributed by atoms with Crippen molar-refractivity contribution in [2.45, 2.75) is 26.4 Å². The monoisotopic (exact) mass is 294 g/mol. The van der Waals surface area contributed by atoms with Crippen molar-refractivity contribution in [2.75, 3.05) is 41.0 Å². The molecule has 0 spiro atoms. The highest BCUT2D eigenvalue weighted by atomic mass is 16.5. The topological polar surface area (TPSA) is 43.0 Å². The normalized spacial score (nSPS) is 17.5. The number of methoxy groups -OCH3 is 3. The van der Waals surface area contributed by atoms with Crippen LogP contribution in [0.5, 0.6) is 17.2 Å². The summed E-state index contributed by atoms with van der Waals surface area (Å²) in [6.07, 6.45) is 0. The first-order valence-electron chi connectivity index (χ1n) is 7.48. The molecular formula is C16H26N2O3. The fourth-order valence-corrected chi connectivity index (χ4v) is 3.16. The number of nitrogens with zero attached hydrogens (tertiary/aromatic N) is 1. The van der Waals surface area contributed by atoms with Gasteiger partial charge in [-0.05, 0) is 24.7 Å². The maximum atomic E-state index is 5.69. The Hall–Kier alpha value is -1.46. The highest BCUT2D eigenvalue weighted by molar-refractivity contribution is 5.60. The van der Waals surface area contributed by atoms with Gasteiger partial charge in [0.15, 0.2) is 11.5 Å². The minimum absolute atomic E-state index is 0.290. The molecule has 0 fully saturated rings. The maximum absolute atomic E-state index is 5.69. The smallest absolute Gasteiger partial charge is 0.203 e. The van der Waals surface area contributed by atoms with Gasteiger partial charge >= 0.3 is 0 Å². The zero-order chi connectivity index (χ0) is 15.4. The Bertz CT molecular complexity index is 487. The molecule has 1 aliphatic heterocycles. The quantitative estimate of drug-likeness (QED) is 0.871. The van der Waals surface area contributed by atoms with Gasteiger partial charge in [-0.3, -0.25) is 4.90 Å². The van der Waals surface area contributed by atoms with Crippen molar-refractivity contribution in [1.29, 1.82) is 0 Å². The molecule has 0 bridgehead atoms. The average Bonchev–Trinajstić information content (AvgIpc) is 2.53. The van der Waals surface area contributed by atoms with Crippen LogP contribution in [0.3, 0.4) is 0 Å². The van der Waals surface area contributed by atoms with Crippen LogP contribution in [-0.2, 0) is 6.54 Å². The first-order valence-corrected chi connectivity index (χ1v) is 7.48. The third-order valence-corrected chi connectivity index (χ3v) is 4.19. The number of fused-ring (bicyclic) bond motifs is 1. The summed E-state index contributed by atoms with van der Waals surface area (Å²) in [5, 5.41) is 3.49. The van der Waals surface area contributed by atoms with E-state index in [9.17, 15) is 0 Å². The zero-order valence-corrected chi connectivity index (χ0v) is 13.7. The van der Waals surface area contributed by atoms with Gasteiger partial charge in [-0.25, -0.2) is 0 Å². The van der Waals surface area contributed by atoms with Crippen molar-refractivity contribution in [3.8, 4) is 17.2 Å². The molecule has 1 N–H and O–H groups in total. The molecule has 0 aliphatic carbocycles. The van der Waals surface area contributed by atoms with E-state index in [1.165, 1.54) is 11.1 Å². The lowest BCUT2D eigenvalue weighted by molar-refractivity contribution is 0.197. The molecule has 118 valence electrons. The molecule has 1 aromatic rings. The third kappa shape index (κ3) is 2.80. The molecule has 5 nitrogen and oxygen atoms in total. The van der Waals surface area contributed by atoms with E-state index in [-0.39, 0.29) is 0 Å². The predicted octanol–water partition coefficient (Wildman–Crippen LogP) is 2.20. The highest BCUT2D eigenvalue weighted by Gasteiger charge is 2.31. The minimum atomic E-state index is 0.290. The van der Waals surface area contributed by atoms with Crippen molar-refractivity contribution in [3.05, 3.63) is 17.2 Å². The van der Waals surface area contributed by atoms with Gasteiger partial charge in [0, 0.05) is 18.7 Å². The number of benzene rings is 1. The van der Waals surface area contributed by atoms with Crippen LogP contribution in [0.1, 0.15) is 31.0 Å². The van der Waals surface area contributed by atoms with Crippen molar-refractivity contribution in [2.24, 2.45) is 0 Å². The Morgan fingerprint density at radius 3 is 2.29 bits per heavy atom. The molecule has 1 aliphatic rings. The van der Waals surface area contributed by atoms with E-state index in [1.54, 1.807) is 21.3 Å². The zero-order valence-electron chi connectivity index (χ0n) is 13.7. The Kier molecular flexibility index (Phi) is 5.31. The van der Waals surface area contributed by atoms with E-state index in [0.29, 0.717) is 11.8 Å². The van der Waals surface area contributed by atoms with Gasteiger partial charge in [-0.1, -0.05) is 13.8 Å². The molecule has 0 radical (unpaired) electrons. The van der Waals surface area contributed by atoms with Gasteiger partial charge in [-0.15, -0.1) is 0 Å². The van der Waals surface area contributed by atoms with E-state index in [1.807, 2.05) is 0 Å². The lowest BCUT2D eigenvalue weighted by Gasteiger charge is -2.36. The van der Waals surface area contributed by atoms with Crippen molar-refractivity contribution >= 4 is 0 Å². The number of ether oxygens (including phenoxy) is 3. The van der Waals surface area contributed by atoms with Gasteiger partial charge in [0.25, 0.3) is 0 Å². The number of rotatable bonds is 6. The average molecular weight is 294 g/mol. The molecular weight excluding hydrogens is 268 g/mol. The summed E-state index contributed by atoms with van der Waals surface area (Å²) in [6, 6.07) is 2.35. The van der Waals surface area contributed by atoms with E-state index >= 15 is 0 Å². The van der Waals surface area contributed by atoms with E-state index in [0.717, 1.165) is 37.7 Å². The van der Waals surface area contributed by atoms with Crippen LogP contribution >= 0.6 is 0 Å². The molecule has 0 unspecified atom stereocenters. The van der Waals surface area contributed by atoms with Gasteiger partial charge in [-0.2, -0.15) is 0 Å². The Balaban J connectivity index is 2.60. The highest BCUT2D eigenvalue weighted by Crippen LogP contribution is 2.46. The summed E-state index contributed by atoms with van der Waals surface area (Å²) in [5.74, 6) is 2.19. The van der Waals surface area contributed by atoms with E-state index in [4.69, 9.17) is 14.2 Å². The Morgan fingerprint density at radius 1 is 1.10 bits per heavy atom. The SMILES string of the molecule is CCN(CC)[C@H]1CNCc2cc(OC)c(OC)c(OC)c21. The lowest BCUT2D eigenvalue weighted by atomic mass is 9.93. The van der Waals surface area contributed by atoms with E-state index < -0.39 is 0 Å². The van der Waals surface area contributed by atoms with Crippen LogP contribution in [-0.4, -0.2) is 45.9 Å². The van der Waals surface area contributed by atoms with Crippen molar-refractivity contribution in [1.82, 2.24) is 10.2 Å². The van der Waals surface area contributed by atoms with Gasteiger partial charge in [0.1, 0.15) is 0 Å². The number of hydrogen-bond acceptors (Lipinski definition) is 5. The molecule has 0 aromatic heterocycles. The van der Waals surface area contributed by atoms with Crippen LogP contribution in [0.2, 0.25) is 0 Å². The number of hydrogen-bond donors (Lipinski definition) is 1. The fraction of sp³-hybridized carbons (Fsp3) is 0.625. The van der Waals surface area contributed by atoms with Crippen LogP contribution in [0.25, 0.3) is 0 Å². The second-order valence-corrected chi connectivity index (χ2v) is 5.09. The molecule has 5 heteroatoms. The minimum Gasteiger partial charge on any atom is -0.493 e. The summed E-state index contributed by atoms with van der Waals surface area (Å²) < 4.78 is 16.7. The van der Waals surface area contributed by atoms with Gasteiger partial charge < -0.3 is 19.5 Å². The van der Waals surface area contributed by atoms with Crippen molar-refractivity contribution in [3.63, 3.8) is 0 Å². The molecule has 2 rings (SSSR count). The Labute approximate surface area is 127 Å². The van der Waals surface area contributed by atoms with Gasteiger partial charge in [0.2, 0.25) is 5.75 Å². The van der Waals surface area contributed by atoms with Crippen LogP contribution in [0, 0.1) is 0 Å². The van der Waals surface area contributed by atoms with Crippen LogP contribution < -0.4 is 19.5 Å². The van der Waals surface area contributed by atoms with Gasteiger partial charge in [0.05, 0.1) is 27.4 Å². The Morgan fingerprint density at radius 2 is 1.76 bits per heavy atom. The molecule has 0 saturated carbocycles. The second-order valence-electron chi connectivity index (χ2n) is 5.09.